The summed E-state index contributed by atoms with van der Waals surface area (Å²) in [4.78, 5) is 15.5. The molecule has 0 N–H and O–H groups in total. The molecule has 1 aromatic carbocycles. The Balaban J connectivity index is 1.80. The normalized spacial score (nSPS) is 25.6. The van der Waals surface area contributed by atoms with E-state index in [0.717, 1.165) is 5.56 Å². The van der Waals surface area contributed by atoms with E-state index >= 15 is 0 Å². The van der Waals surface area contributed by atoms with Gasteiger partial charge in [-0.15, -0.1) is 0 Å². The fraction of sp³-hybridized carbons (Fsp3) is 0.611. The minimum Gasteiger partial charge on any atom is -0.450 e. The maximum atomic E-state index is 13.2. The molecule has 1 amide bonds. The second kappa shape index (κ2) is 8.00. The van der Waals surface area contributed by atoms with Crippen LogP contribution in [0.2, 0.25) is 0 Å². The quantitative estimate of drug-likeness (QED) is 0.693. The van der Waals surface area contributed by atoms with Crippen LogP contribution < -0.4 is 0 Å². The molecular formula is C18H26N2O6S2. The van der Waals surface area contributed by atoms with Crippen molar-refractivity contribution in [1.82, 2.24) is 9.80 Å². The lowest BCUT2D eigenvalue weighted by Crippen LogP contribution is -2.55. The van der Waals surface area contributed by atoms with Crippen molar-refractivity contribution in [3.8, 4) is 0 Å². The molecule has 2 atom stereocenters. The van der Waals surface area contributed by atoms with Crippen LogP contribution in [-0.4, -0.2) is 88.3 Å². The van der Waals surface area contributed by atoms with Crippen molar-refractivity contribution < 1.29 is 26.4 Å². The minimum atomic E-state index is -3.79. The van der Waals surface area contributed by atoms with Crippen LogP contribution in [-0.2, 0) is 24.4 Å². The standard InChI is InChI=1S/C18H26N2O6S2/c1-3-26-18(21)20-10-8-19(9-11-20)16-12-27(22,23)13-17(16)28(24,25)15-6-4-14(2)5-7-15/h4-7,16-17H,3,8-13H2,1-2H3/t16-,17-/m0/s1. The highest BCUT2D eigenvalue weighted by molar-refractivity contribution is 7.96. The molecule has 2 aliphatic heterocycles. The van der Waals surface area contributed by atoms with E-state index in [2.05, 4.69) is 0 Å². The zero-order valence-corrected chi connectivity index (χ0v) is 17.7. The van der Waals surface area contributed by atoms with Gasteiger partial charge in [-0.05, 0) is 26.0 Å². The predicted octanol–water partition coefficient (Wildman–Crippen LogP) is 0.708. The van der Waals surface area contributed by atoms with E-state index in [0.29, 0.717) is 26.2 Å². The monoisotopic (exact) mass is 430 g/mol. The van der Waals surface area contributed by atoms with Gasteiger partial charge in [0.2, 0.25) is 0 Å². The Morgan fingerprint density at radius 2 is 1.71 bits per heavy atom. The van der Waals surface area contributed by atoms with Gasteiger partial charge >= 0.3 is 6.09 Å². The smallest absolute Gasteiger partial charge is 0.409 e. The number of nitrogens with zero attached hydrogens (tertiary/aromatic N) is 2. The number of aryl methyl sites for hydroxylation is 1. The number of sulfone groups is 2. The molecule has 2 aliphatic rings. The highest BCUT2D eigenvalue weighted by Gasteiger charge is 2.48. The number of amides is 1. The number of rotatable bonds is 4. The van der Waals surface area contributed by atoms with E-state index in [4.69, 9.17) is 4.74 Å². The second-order valence-corrected chi connectivity index (χ2v) is 11.6. The second-order valence-electron chi connectivity index (χ2n) is 7.26. The van der Waals surface area contributed by atoms with Gasteiger partial charge in [-0.1, -0.05) is 17.7 Å². The summed E-state index contributed by atoms with van der Waals surface area (Å²) in [6, 6.07) is 5.88. The number of hydrogen-bond donors (Lipinski definition) is 0. The number of carbonyl (C=O) groups excluding carboxylic acids is 1. The van der Waals surface area contributed by atoms with Gasteiger partial charge in [0.05, 0.1) is 28.3 Å². The third kappa shape index (κ3) is 4.33. The van der Waals surface area contributed by atoms with Crippen LogP contribution in [0.15, 0.2) is 29.2 Å². The van der Waals surface area contributed by atoms with Gasteiger partial charge in [0.15, 0.2) is 19.7 Å². The molecule has 0 unspecified atom stereocenters. The van der Waals surface area contributed by atoms with Crippen LogP contribution in [0.5, 0.6) is 0 Å². The Morgan fingerprint density at radius 3 is 2.29 bits per heavy atom. The van der Waals surface area contributed by atoms with Crippen molar-refractivity contribution in [3.05, 3.63) is 29.8 Å². The highest BCUT2D eigenvalue weighted by Crippen LogP contribution is 2.30. The van der Waals surface area contributed by atoms with E-state index in [-0.39, 0.29) is 23.0 Å². The molecule has 0 bridgehead atoms. The van der Waals surface area contributed by atoms with Crippen LogP contribution in [0.4, 0.5) is 4.79 Å². The number of hydrogen-bond acceptors (Lipinski definition) is 7. The summed E-state index contributed by atoms with van der Waals surface area (Å²) >= 11 is 0. The summed E-state index contributed by atoms with van der Waals surface area (Å²) < 4.78 is 55.9. The molecule has 8 nitrogen and oxygen atoms in total. The first-order valence-corrected chi connectivity index (χ1v) is 12.7. The molecule has 28 heavy (non-hydrogen) atoms. The van der Waals surface area contributed by atoms with Gasteiger partial charge in [-0.2, -0.15) is 0 Å². The Bertz CT molecular complexity index is 919. The third-order valence-corrected chi connectivity index (χ3v) is 9.46. The lowest BCUT2D eigenvalue weighted by atomic mass is 10.2. The van der Waals surface area contributed by atoms with E-state index in [1.165, 1.54) is 12.1 Å². The summed E-state index contributed by atoms with van der Waals surface area (Å²) in [6.07, 6.45) is -0.398. The molecule has 2 heterocycles. The average Bonchev–Trinajstić information content (AvgIpc) is 2.99. The lowest BCUT2D eigenvalue weighted by Gasteiger charge is -2.38. The van der Waals surface area contributed by atoms with E-state index < -0.39 is 37.1 Å². The van der Waals surface area contributed by atoms with E-state index in [1.54, 1.807) is 24.0 Å². The Morgan fingerprint density at radius 1 is 1.11 bits per heavy atom. The van der Waals surface area contributed by atoms with Gasteiger partial charge in [-0.3, -0.25) is 4.90 Å². The molecule has 2 saturated heterocycles. The molecule has 1 aromatic rings. The predicted molar refractivity (Wildman–Crippen MR) is 105 cm³/mol. The van der Waals surface area contributed by atoms with Gasteiger partial charge in [0, 0.05) is 32.2 Å². The van der Waals surface area contributed by atoms with E-state index in [1.807, 2.05) is 11.8 Å². The van der Waals surface area contributed by atoms with Crippen LogP contribution in [0.25, 0.3) is 0 Å². The molecule has 10 heteroatoms. The van der Waals surface area contributed by atoms with Crippen molar-refractivity contribution in [3.63, 3.8) is 0 Å². The minimum absolute atomic E-state index is 0.148. The lowest BCUT2D eigenvalue weighted by molar-refractivity contribution is 0.0700. The zero-order chi connectivity index (χ0) is 20.5. The van der Waals surface area contributed by atoms with Crippen molar-refractivity contribution in [1.29, 1.82) is 0 Å². The number of carbonyl (C=O) groups is 1. The van der Waals surface area contributed by atoms with Gasteiger partial charge in [0.25, 0.3) is 0 Å². The SMILES string of the molecule is CCOC(=O)N1CCN([C@H]2CS(=O)(=O)C[C@@H]2S(=O)(=O)c2ccc(C)cc2)CC1. The van der Waals surface area contributed by atoms with Gasteiger partial charge in [-0.25, -0.2) is 21.6 Å². The first-order valence-electron chi connectivity index (χ1n) is 9.31. The molecule has 0 aliphatic carbocycles. The molecule has 0 saturated carbocycles. The third-order valence-electron chi connectivity index (χ3n) is 5.33. The average molecular weight is 431 g/mol. The topological polar surface area (TPSA) is 101 Å². The molecule has 3 rings (SSSR count). The van der Waals surface area contributed by atoms with E-state index in [9.17, 15) is 21.6 Å². The number of ether oxygens (including phenoxy) is 1. The number of benzene rings is 1. The Kier molecular flexibility index (Phi) is 6.02. The summed E-state index contributed by atoms with van der Waals surface area (Å²) in [5.74, 6) is -0.547. The van der Waals surface area contributed by atoms with Crippen molar-refractivity contribution in [2.24, 2.45) is 0 Å². The summed E-state index contributed by atoms with van der Waals surface area (Å²) in [5, 5.41) is -1.01. The van der Waals surface area contributed by atoms with Crippen LogP contribution in [0, 0.1) is 6.92 Å². The highest BCUT2D eigenvalue weighted by atomic mass is 32.2. The number of piperazine rings is 1. The fourth-order valence-electron chi connectivity index (χ4n) is 3.79. The van der Waals surface area contributed by atoms with Crippen LogP contribution in [0.3, 0.4) is 0 Å². The van der Waals surface area contributed by atoms with Crippen molar-refractivity contribution >= 4 is 25.8 Å². The van der Waals surface area contributed by atoms with Crippen molar-refractivity contribution in [2.75, 3.05) is 44.3 Å². The first kappa shape index (κ1) is 21.1. The Labute approximate surface area is 166 Å². The Hall–Kier alpha value is -1.65. The summed E-state index contributed by atoms with van der Waals surface area (Å²) in [7, 11) is -7.25. The van der Waals surface area contributed by atoms with Gasteiger partial charge < -0.3 is 9.64 Å². The maximum Gasteiger partial charge on any atom is 0.409 e. The molecule has 0 radical (unpaired) electrons. The maximum absolute atomic E-state index is 13.2. The van der Waals surface area contributed by atoms with Crippen molar-refractivity contribution in [2.45, 2.75) is 30.0 Å². The van der Waals surface area contributed by atoms with Gasteiger partial charge in [0.1, 0.15) is 0 Å². The molecule has 0 spiro atoms. The summed E-state index contributed by atoms with van der Waals surface area (Å²) in [6.45, 7) is 5.48. The van der Waals surface area contributed by atoms with Crippen LogP contribution in [0.1, 0.15) is 12.5 Å². The van der Waals surface area contributed by atoms with Crippen LogP contribution >= 0.6 is 0 Å². The largest absolute Gasteiger partial charge is 0.450 e. The molecule has 2 fully saturated rings. The zero-order valence-electron chi connectivity index (χ0n) is 16.1. The first-order chi connectivity index (χ1) is 13.1. The molecule has 156 valence electrons. The molecule has 0 aromatic heterocycles. The summed E-state index contributed by atoms with van der Waals surface area (Å²) in [5.41, 5.74) is 0.935. The molecular weight excluding hydrogens is 404 g/mol. The fourth-order valence-corrected chi connectivity index (χ4v) is 8.62.